The van der Waals surface area contributed by atoms with Gasteiger partial charge in [-0.05, 0) is 228 Å². The van der Waals surface area contributed by atoms with Crippen LogP contribution in [0.3, 0.4) is 0 Å². The Morgan fingerprint density at radius 1 is 0.162 bits per heavy atom. The standard InChI is InChI=1S/C50H39N.C30H23N.C28H21N/c1-49(2)45-27-33(39-17-9-13-31-11-5-7-15-37(31)39)19-23-41(45)43-25-21-35(29-47(43)49)51-36-22-26-44-42-24-20-34(28-46(42)50(3,4)48(44)30-36)40-18-10-14-32-12-6-8-16-38(32)40;1-3-7-23(8-4-1)25-11-13-26(14-12-25)28-17-21-30(22-18-28)31-29-19-15-27(16-20-29)24-9-5-2-6-10-24;1-2-7-21(8-3-1)22-13-15-23(16-14-22)24-17-19-26(20-18-24)29-28-12-6-10-25-9-4-5-11-27(25)28/h5-30,51H,1-4H3;1-22,31H;1-20,29H. The first-order chi connectivity index (χ1) is 54.5. The molecule has 18 aromatic carbocycles. The summed E-state index contributed by atoms with van der Waals surface area (Å²) in [5.74, 6) is 0. The number of benzene rings is 18. The molecule has 0 spiro atoms. The van der Waals surface area contributed by atoms with E-state index in [-0.39, 0.29) is 10.8 Å². The van der Waals surface area contributed by atoms with E-state index in [1.54, 1.807) is 0 Å². The lowest BCUT2D eigenvalue weighted by atomic mass is 9.81. The number of hydrogen-bond donors (Lipinski definition) is 3. The molecule has 0 aliphatic heterocycles. The van der Waals surface area contributed by atoms with Crippen molar-refractivity contribution in [1.29, 1.82) is 0 Å². The minimum absolute atomic E-state index is 0.119. The molecular weight excluding hydrogens is 1340 g/mol. The van der Waals surface area contributed by atoms with Crippen molar-refractivity contribution >= 4 is 66.4 Å². The molecule has 0 saturated heterocycles. The summed E-state index contributed by atoms with van der Waals surface area (Å²) >= 11 is 0. The molecule has 0 bridgehead atoms. The molecule has 0 fully saturated rings. The minimum atomic E-state index is -0.119. The van der Waals surface area contributed by atoms with Crippen molar-refractivity contribution in [3.8, 4) is 100 Å². The summed E-state index contributed by atoms with van der Waals surface area (Å²) in [5, 5.41) is 18.5. The van der Waals surface area contributed by atoms with E-state index in [0.29, 0.717) is 0 Å². The van der Waals surface area contributed by atoms with Gasteiger partial charge in [-0.25, -0.2) is 0 Å². The van der Waals surface area contributed by atoms with Gasteiger partial charge in [0.05, 0.1) is 0 Å². The first-order valence-corrected chi connectivity index (χ1v) is 38.5. The van der Waals surface area contributed by atoms with Crippen molar-refractivity contribution in [3.63, 3.8) is 0 Å². The highest BCUT2D eigenvalue weighted by Crippen LogP contribution is 2.53. The number of anilines is 6. The van der Waals surface area contributed by atoms with Crippen LogP contribution in [0.5, 0.6) is 0 Å². The normalized spacial score (nSPS) is 12.5. The van der Waals surface area contributed by atoms with E-state index in [0.717, 1.165) is 34.1 Å². The zero-order valence-corrected chi connectivity index (χ0v) is 62.8. The average Bonchev–Trinajstić information content (AvgIpc) is 1.57. The van der Waals surface area contributed by atoms with Crippen LogP contribution >= 0.6 is 0 Å². The SMILES string of the molecule is CC1(C)c2cc(Nc3ccc4c(c3)C(C)(C)c3cc(-c5cccc6ccccc56)ccc3-4)ccc2-c2ccc(-c3cccc4ccccc34)cc21.c1ccc(-c2ccc(-c3ccc(Nc4cccc5ccccc45)cc3)cc2)cc1.c1ccc(-c2ccc(Nc3ccc(-c4ccc(-c5ccccc5)cc4)cc3)cc2)cc1. The third kappa shape index (κ3) is 13.9. The van der Waals surface area contributed by atoms with Crippen molar-refractivity contribution < 1.29 is 0 Å². The molecule has 2 aliphatic carbocycles. The van der Waals surface area contributed by atoms with Gasteiger partial charge in [-0.1, -0.05) is 361 Å². The summed E-state index contributed by atoms with van der Waals surface area (Å²) in [4.78, 5) is 0. The second-order valence-corrected chi connectivity index (χ2v) is 30.2. The fraction of sp³-hybridized carbons (Fsp3) is 0.0556. The summed E-state index contributed by atoms with van der Waals surface area (Å²) in [6, 6.07) is 148. The van der Waals surface area contributed by atoms with Crippen LogP contribution in [0.15, 0.2) is 413 Å². The summed E-state index contributed by atoms with van der Waals surface area (Å²) in [7, 11) is 0. The highest BCUT2D eigenvalue weighted by Gasteiger charge is 2.38. The topological polar surface area (TPSA) is 36.1 Å². The quantitative estimate of drug-likeness (QED) is 0.108. The molecule has 18 aromatic rings. The summed E-state index contributed by atoms with van der Waals surface area (Å²) in [5.41, 5.74) is 34.7. The Labute approximate surface area is 651 Å². The molecule has 530 valence electrons. The Kier molecular flexibility index (Phi) is 18.4. The molecule has 0 saturated carbocycles. The van der Waals surface area contributed by atoms with Crippen molar-refractivity contribution in [2.75, 3.05) is 16.0 Å². The molecule has 3 nitrogen and oxygen atoms in total. The molecule has 0 radical (unpaired) electrons. The van der Waals surface area contributed by atoms with Crippen LogP contribution in [0.1, 0.15) is 49.9 Å². The molecule has 0 aromatic heterocycles. The van der Waals surface area contributed by atoms with E-state index in [1.807, 2.05) is 18.2 Å². The molecule has 0 atom stereocenters. The van der Waals surface area contributed by atoms with E-state index in [9.17, 15) is 0 Å². The van der Waals surface area contributed by atoms with Gasteiger partial charge in [-0.2, -0.15) is 0 Å². The minimum Gasteiger partial charge on any atom is -0.356 e. The monoisotopic (exact) mass is 1420 g/mol. The van der Waals surface area contributed by atoms with Crippen molar-refractivity contribution in [2.45, 2.75) is 38.5 Å². The smallest absolute Gasteiger partial charge is 0.0463 e. The van der Waals surface area contributed by atoms with Gasteiger partial charge in [-0.15, -0.1) is 0 Å². The maximum absolute atomic E-state index is 3.81. The van der Waals surface area contributed by atoms with Gasteiger partial charge < -0.3 is 16.0 Å². The molecular formula is C108H83N3. The summed E-state index contributed by atoms with van der Waals surface area (Å²) in [6.45, 7) is 9.48. The van der Waals surface area contributed by atoms with Gasteiger partial charge >= 0.3 is 0 Å². The van der Waals surface area contributed by atoms with Crippen LogP contribution in [0.4, 0.5) is 34.1 Å². The summed E-state index contributed by atoms with van der Waals surface area (Å²) < 4.78 is 0. The van der Waals surface area contributed by atoms with Crippen LogP contribution < -0.4 is 16.0 Å². The highest BCUT2D eigenvalue weighted by atomic mass is 14.9. The van der Waals surface area contributed by atoms with Crippen LogP contribution in [-0.4, -0.2) is 0 Å². The van der Waals surface area contributed by atoms with E-state index in [1.165, 1.54) is 155 Å². The van der Waals surface area contributed by atoms with Crippen LogP contribution in [0, 0.1) is 0 Å². The Morgan fingerprint density at radius 2 is 0.405 bits per heavy atom. The van der Waals surface area contributed by atoms with Gasteiger partial charge in [0.25, 0.3) is 0 Å². The Balaban J connectivity index is 0.000000124. The van der Waals surface area contributed by atoms with Gasteiger partial charge in [0.15, 0.2) is 0 Å². The summed E-state index contributed by atoms with van der Waals surface area (Å²) in [6.07, 6.45) is 0. The van der Waals surface area contributed by atoms with Gasteiger partial charge in [0, 0.05) is 50.3 Å². The molecule has 3 N–H and O–H groups in total. The third-order valence-electron chi connectivity index (χ3n) is 22.6. The van der Waals surface area contributed by atoms with Gasteiger partial charge in [0.1, 0.15) is 0 Å². The Bertz CT molecular complexity index is 6200. The first-order valence-electron chi connectivity index (χ1n) is 38.5. The molecule has 20 rings (SSSR count). The zero-order valence-electron chi connectivity index (χ0n) is 62.8. The number of fused-ring (bicyclic) bond motifs is 9. The molecule has 2 aliphatic rings. The Morgan fingerprint density at radius 3 is 0.775 bits per heavy atom. The van der Waals surface area contributed by atoms with E-state index in [2.05, 4.69) is 438 Å². The fourth-order valence-corrected chi connectivity index (χ4v) is 16.6. The van der Waals surface area contributed by atoms with Crippen molar-refractivity contribution in [1.82, 2.24) is 0 Å². The largest absolute Gasteiger partial charge is 0.356 e. The lowest BCUT2D eigenvalue weighted by Crippen LogP contribution is -2.15. The maximum atomic E-state index is 3.81. The first kappa shape index (κ1) is 68.9. The average molecular weight is 1420 g/mol. The van der Waals surface area contributed by atoms with Crippen LogP contribution in [0.2, 0.25) is 0 Å². The van der Waals surface area contributed by atoms with Crippen molar-refractivity contribution in [3.05, 3.63) is 435 Å². The predicted octanol–water partition coefficient (Wildman–Crippen LogP) is 30.0. The van der Waals surface area contributed by atoms with Gasteiger partial charge in [0.2, 0.25) is 0 Å². The van der Waals surface area contributed by atoms with E-state index >= 15 is 0 Å². The van der Waals surface area contributed by atoms with E-state index in [4.69, 9.17) is 0 Å². The predicted molar refractivity (Wildman–Crippen MR) is 474 cm³/mol. The fourth-order valence-electron chi connectivity index (χ4n) is 16.6. The lowest BCUT2D eigenvalue weighted by Gasteiger charge is -2.24. The molecule has 0 heterocycles. The number of nitrogens with one attached hydrogen (secondary N) is 3. The molecule has 0 unspecified atom stereocenters. The zero-order chi connectivity index (χ0) is 74.8. The van der Waals surface area contributed by atoms with Crippen LogP contribution in [0.25, 0.3) is 132 Å². The second-order valence-electron chi connectivity index (χ2n) is 30.2. The highest BCUT2D eigenvalue weighted by molar-refractivity contribution is 6.00. The lowest BCUT2D eigenvalue weighted by molar-refractivity contribution is 0.660. The number of hydrogen-bond acceptors (Lipinski definition) is 3. The van der Waals surface area contributed by atoms with Gasteiger partial charge in [-0.3, -0.25) is 0 Å². The number of rotatable bonds is 13. The molecule has 0 amide bonds. The molecule has 111 heavy (non-hydrogen) atoms. The van der Waals surface area contributed by atoms with Crippen molar-refractivity contribution in [2.24, 2.45) is 0 Å². The third-order valence-corrected chi connectivity index (χ3v) is 22.6. The van der Waals surface area contributed by atoms with Crippen LogP contribution in [-0.2, 0) is 10.8 Å². The van der Waals surface area contributed by atoms with E-state index < -0.39 is 0 Å². The molecule has 3 heteroatoms. The maximum Gasteiger partial charge on any atom is 0.0463 e. The second kappa shape index (κ2) is 29.7. The Hall–Kier alpha value is -13.9.